The molecule has 0 bridgehead atoms. The molecule has 8 heteroatoms. The van der Waals surface area contributed by atoms with Crippen molar-refractivity contribution in [2.24, 2.45) is 0 Å². The van der Waals surface area contributed by atoms with Crippen molar-refractivity contribution in [3.63, 3.8) is 0 Å². The Kier molecular flexibility index (Phi) is 6.33. The van der Waals surface area contributed by atoms with Crippen LogP contribution in [-0.2, 0) is 19.4 Å². The van der Waals surface area contributed by atoms with Gasteiger partial charge in [-0.05, 0) is 37.6 Å². The first-order chi connectivity index (χ1) is 11.8. The number of hydrogen-bond acceptors (Lipinski definition) is 6. The second-order valence-electron chi connectivity index (χ2n) is 5.27. The Morgan fingerprint density at radius 2 is 1.88 bits per heavy atom. The van der Waals surface area contributed by atoms with Gasteiger partial charge in [-0.25, -0.2) is 13.2 Å². The molecule has 0 aliphatic rings. The normalized spacial score (nSPS) is 11.1. The molecular formula is C17H19NO5S2. The minimum absolute atomic E-state index is 0.164. The van der Waals surface area contributed by atoms with Crippen LogP contribution in [0.3, 0.4) is 0 Å². The first-order valence-electron chi connectivity index (χ1n) is 7.68. The first kappa shape index (κ1) is 19.1. The van der Waals surface area contributed by atoms with Crippen molar-refractivity contribution in [3.8, 4) is 0 Å². The van der Waals surface area contributed by atoms with Gasteiger partial charge < -0.3 is 10.1 Å². The Balaban J connectivity index is 1.97. The van der Waals surface area contributed by atoms with E-state index in [4.69, 9.17) is 4.74 Å². The second-order valence-corrected chi connectivity index (χ2v) is 8.43. The molecule has 2 aromatic rings. The molecule has 1 heterocycles. The molecule has 0 fully saturated rings. The van der Waals surface area contributed by atoms with E-state index in [2.05, 4.69) is 5.32 Å². The summed E-state index contributed by atoms with van der Waals surface area (Å²) in [5.41, 5.74) is 0.704. The SMILES string of the molecule is CCOC(=O)c1sc(NC(=O)CCS(=O)(=O)c2ccccc2)cc1C. The van der Waals surface area contributed by atoms with Crippen LogP contribution in [0.4, 0.5) is 5.00 Å². The van der Waals surface area contributed by atoms with E-state index in [-0.39, 0.29) is 23.7 Å². The third-order valence-corrected chi connectivity index (χ3v) is 6.21. The van der Waals surface area contributed by atoms with Gasteiger partial charge in [0.25, 0.3) is 0 Å². The van der Waals surface area contributed by atoms with Gasteiger partial charge in [0.2, 0.25) is 5.91 Å². The summed E-state index contributed by atoms with van der Waals surface area (Å²) in [5.74, 6) is -1.13. The zero-order chi connectivity index (χ0) is 18.4. The highest BCUT2D eigenvalue weighted by atomic mass is 32.2. The van der Waals surface area contributed by atoms with Crippen molar-refractivity contribution in [2.45, 2.75) is 25.2 Å². The molecule has 1 amide bonds. The number of esters is 1. The van der Waals surface area contributed by atoms with Gasteiger partial charge >= 0.3 is 5.97 Å². The third-order valence-electron chi connectivity index (χ3n) is 3.34. The number of carbonyl (C=O) groups excluding carboxylic acids is 2. The Morgan fingerprint density at radius 3 is 2.52 bits per heavy atom. The Morgan fingerprint density at radius 1 is 1.20 bits per heavy atom. The van der Waals surface area contributed by atoms with Gasteiger partial charge in [-0.1, -0.05) is 18.2 Å². The number of ether oxygens (including phenoxy) is 1. The molecule has 0 radical (unpaired) electrons. The molecule has 134 valence electrons. The van der Waals surface area contributed by atoms with Crippen LogP contribution in [0.25, 0.3) is 0 Å². The van der Waals surface area contributed by atoms with Crippen LogP contribution in [0.5, 0.6) is 0 Å². The van der Waals surface area contributed by atoms with Crippen molar-refractivity contribution >= 4 is 38.1 Å². The van der Waals surface area contributed by atoms with Gasteiger partial charge in [0.05, 0.1) is 22.3 Å². The van der Waals surface area contributed by atoms with Gasteiger partial charge in [0.1, 0.15) is 4.88 Å². The predicted octanol–water partition coefficient (Wildman–Crippen LogP) is 3.04. The van der Waals surface area contributed by atoms with E-state index in [1.807, 2.05) is 0 Å². The zero-order valence-electron chi connectivity index (χ0n) is 13.9. The standard InChI is InChI=1S/C17H19NO5S2/c1-3-23-17(20)16-12(2)11-15(24-16)18-14(19)9-10-25(21,22)13-7-5-4-6-8-13/h4-8,11H,3,9-10H2,1-2H3,(H,18,19). The number of anilines is 1. The van der Waals surface area contributed by atoms with E-state index in [0.29, 0.717) is 15.4 Å². The molecule has 0 aliphatic heterocycles. The molecule has 1 N–H and O–H groups in total. The lowest BCUT2D eigenvalue weighted by molar-refractivity contribution is -0.115. The molecule has 1 aromatic heterocycles. The monoisotopic (exact) mass is 381 g/mol. The smallest absolute Gasteiger partial charge is 0.348 e. The average molecular weight is 381 g/mol. The number of hydrogen-bond donors (Lipinski definition) is 1. The van der Waals surface area contributed by atoms with Crippen molar-refractivity contribution in [2.75, 3.05) is 17.7 Å². The molecule has 0 unspecified atom stereocenters. The van der Waals surface area contributed by atoms with Crippen molar-refractivity contribution in [1.29, 1.82) is 0 Å². The average Bonchev–Trinajstić information content (AvgIpc) is 2.94. The summed E-state index contributed by atoms with van der Waals surface area (Å²) in [5, 5.41) is 3.12. The highest BCUT2D eigenvalue weighted by molar-refractivity contribution is 7.91. The number of aryl methyl sites for hydroxylation is 1. The highest BCUT2D eigenvalue weighted by Gasteiger charge is 2.18. The van der Waals surface area contributed by atoms with E-state index < -0.39 is 21.7 Å². The summed E-state index contributed by atoms with van der Waals surface area (Å²) in [6.07, 6.45) is -0.164. The number of amides is 1. The molecule has 0 spiro atoms. The summed E-state index contributed by atoms with van der Waals surface area (Å²) < 4.78 is 29.3. The van der Waals surface area contributed by atoms with Crippen molar-refractivity contribution in [3.05, 3.63) is 46.8 Å². The molecule has 0 saturated carbocycles. The minimum Gasteiger partial charge on any atom is -0.462 e. The molecule has 0 aliphatic carbocycles. The van der Waals surface area contributed by atoms with Gasteiger partial charge in [-0.3, -0.25) is 4.79 Å². The zero-order valence-corrected chi connectivity index (χ0v) is 15.6. The van der Waals surface area contributed by atoms with Gasteiger partial charge in [0, 0.05) is 6.42 Å². The number of thiophene rings is 1. The quantitative estimate of drug-likeness (QED) is 0.745. The fourth-order valence-corrected chi connectivity index (χ4v) is 4.36. The Labute approximate surface area is 150 Å². The second kappa shape index (κ2) is 8.26. The summed E-state index contributed by atoms with van der Waals surface area (Å²) >= 11 is 1.11. The van der Waals surface area contributed by atoms with Crippen LogP contribution in [0, 0.1) is 6.92 Å². The topological polar surface area (TPSA) is 89.5 Å². The van der Waals surface area contributed by atoms with E-state index in [1.165, 1.54) is 12.1 Å². The van der Waals surface area contributed by atoms with E-state index >= 15 is 0 Å². The molecule has 0 atom stereocenters. The van der Waals surface area contributed by atoms with Gasteiger partial charge in [0.15, 0.2) is 9.84 Å². The van der Waals surface area contributed by atoms with Gasteiger partial charge in [-0.2, -0.15) is 0 Å². The van der Waals surface area contributed by atoms with Crippen molar-refractivity contribution < 1.29 is 22.7 Å². The number of benzene rings is 1. The fraction of sp³-hybridized carbons (Fsp3) is 0.294. The summed E-state index contributed by atoms with van der Waals surface area (Å²) in [6.45, 7) is 3.74. The highest BCUT2D eigenvalue weighted by Crippen LogP contribution is 2.27. The minimum atomic E-state index is -3.50. The lowest BCUT2D eigenvalue weighted by atomic mass is 10.3. The van der Waals surface area contributed by atoms with Crippen LogP contribution < -0.4 is 5.32 Å². The van der Waals surface area contributed by atoms with Crippen LogP contribution in [0.15, 0.2) is 41.3 Å². The Bertz CT molecular complexity index is 856. The number of carbonyl (C=O) groups is 2. The number of sulfone groups is 1. The van der Waals surface area contributed by atoms with Crippen LogP contribution in [0.2, 0.25) is 0 Å². The maximum absolute atomic E-state index is 12.2. The van der Waals surface area contributed by atoms with Gasteiger partial charge in [-0.15, -0.1) is 11.3 Å². The fourth-order valence-electron chi connectivity index (χ4n) is 2.12. The lowest BCUT2D eigenvalue weighted by Gasteiger charge is -2.05. The molecule has 25 heavy (non-hydrogen) atoms. The maximum atomic E-state index is 12.2. The van der Waals surface area contributed by atoms with E-state index in [0.717, 1.165) is 11.3 Å². The summed E-state index contributed by atoms with van der Waals surface area (Å²) in [7, 11) is -3.50. The molecular weight excluding hydrogens is 362 g/mol. The van der Waals surface area contributed by atoms with Crippen LogP contribution in [-0.4, -0.2) is 32.7 Å². The number of nitrogens with one attached hydrogen (secondary N) is 1. The molecule has 0 saturated heterocycles. The Hall–Kier alpha value is -2.19. The van der Waals surface area contributed by atoms with Crippen LogP contribution >= 0.6 is 11.3 Å². The van der Waals surface area contributed by atoms with Crippen molar-refractivity contribution in [1.82, 2.24) is 0 Å². The maximum Gasteiger partial charge on any atom is 0.348 e. The summed E-state index contributed by atoms with van der Waals surface area (Å²) in [4.78, 5) is 24.4. The summed E-state index contributed by atoms with van der Waals surface area (Å²) in [6, 6.07) is 9.67. The largest absolute Gasteiger partial charge is 0.462 e. The van der Waals surface area contributed by atoms with E-state index in [9.17, 15) is 18.0 Å². The lowest BCUT2D eigenvalue weighted by Crippen LogP contribution is -2.16. The molecule has 6 nitrogen and oxygen atoms in total. The third kappa shape index (κ3) is 5.14. The van der Waals surface area contributed by atoms with E-state index in [1.54, 1.807) is 38.1 Å². The molecule has 2 rings (SSSR count). The molecule has 1 aromatic carbocycles. The predicted molar refractivity (Wildman–Crippen MR) is 96.8 cm³/mol. The first-order valence-corrected chi connectivity index (χ1v) is 10.2. The number of rotatable bonds is 7. The van der Waals surface area contributed by atoms with Crippen LogP contribution in [0.1, 0.15) is 28.6 Å².